The molecular formula is C47H49ClN8O5S. The van der Waals surface area contributed by atoms with Crippen LogP contribution in [0.25, 0.3) is 33.3 Å². The molecule has 2 N–H and O–H groups in total. The molecule has 2 aliphatic carbocycles. The average Bonchev–Trinajstić information content (AvgIpc) is 4.21. The summed E-state index contributed by atoms with van der Waals surface area (Å²) in [5, 5.41) is 15.5. The number of hydrogen-bond donors (Lipinski definition) is 2. The van der Waals surface area contributed by atoms with Crippen LogP contribution in [0.2, 0.25) is 5.02 Å². The molecule has 10 rings (SSSR count). The normalized spacial score (nSPS) is 18.8. The van der Waals surface area contributed by atoms with Crippen molar-refractivity contribution in [3.05, 3.63) is 107 Å². The van der Waals surface area contributed by atoms with Crippen molar-refractivity contribution in [1.29, 1.82) is 0 Å². The van der Waals surface area contributed by atoms with Crippen molar-refractivity contribution >= 4 is 61.8 Å². The Labute approximate surface area is 365 Å². The molecule has 0 unspecified atom stereocenters. The number of anilines is 2. The lowest BCUT2D eigenvalue weighted by Crippen LogP contribution is -2.40. The van der Waals surface area contributed by atoms with Gasteiger partial charge in [0.25, 0.3) is 5.91 Å². The molecule has 15 heteroatoms. The number of piperidine rings is 2. The fourth-order valence-electron chi connectivity index (χ4n) is 9.87. The number of benzene rings is 2. The Bertz CT molecular complexity index is 2830. The predicted molar refractivity (Wildman–Crippen MR) is 240 cm³/mol. The third-order valence-electron chi connectivity index (χ3n) is 13.8. The number of fused-ring (bicyclic) bond motifs is 2. The Balaban J connectivity index is 0.818. The summed E-state index contributed by atoms with van der Waals surface area (Å²) in [6.45, 7) is 3.85. The number of likely N-dealkylation sites (tertiary alicyclic amines) is 2. The fraction of sp³-hybridized carbons (Fsp3) is 0.383. The molecule has 0 atom stereocenters. The van der Waals surface area contributed by atoms with Crippen LogP contribution in [0.15, 0.2) is 91.3 Å². The van der Waals surface area contributed by atoms with Gasteiger partial charge in [-0.25, -0.2) is 17.4 Å². The Morgan fingerprint density at radius 1 is 0.742 bits per heavy atom. The van der Waals surface area contributed by atoms with Crippen LogP contribution in [0.5, 0.6) is 0 Å². The minimum Gasteiger partial charge on any atom is -0.339 e. The average molecular weight is 873 g/mol. The van der Waals surface area contributed by atoms with Gasteiger partial charge < -0.3 is 15.5 Å². The van der Waals surface area contributed by atoms with E-state index in [0.717, 1.165) is 85.3 Å². The predicted octanol–water partition coefficient (Wildman–Crippen LogP) is 7.74. The highest BCUT2D eigenvalue weighted by Gasteiger charge is 2.73. The number of pyridine rings is 2. The van der Waals surface area contributed by atoms with Gasteiger partial charge in [0.05, 0.1) is 27.1 Å². The van der Waals surface area contributed by atoms with Crippen LogP contribution >= 0.6 is 11.6 Å². The van der Waals surface area contributed by atoms with Gasteiger partial charge in [-0.05, 0) is 112 Å². The highest BCUT2D eigenvalue weighted by Crippen LogP contribution is 2.71. The molecule has 62 heavy (non-hydrogen) atoms. The zero-order chi connectivity index (χ0) is 42.8. The van der Waals surface area contributed by atoms with Crippen LogP contribution in [-0.4, -0.2) is 92.9 Å². The van der Waals surface area contributed by atoms with Gasteiger partial charge in [-0.1, -0.05) is 60.1 Å². The molecule has 13 nitrogen and oxygen atoms in total. The van der Waals surface area contributed by atoms with Gasteiger partial charge in [0.2, 0.25) is 11.8 Å². The maximum Gasteiger partial charge on any atom is 0.253 e. The highest BCUT2D eigenvalue weighted by molar-refractivity contribution is 7.91. The van der Waals surface area contributed by atoms with Crippen LogP contribution in [0.3, 0.4) is 0 Å². The second-order valence-electron chi connectivity index (χ2n) is 17.7. The van der Waals surface area contributed by atoms with Gasteiger partial charge >= 0.3 is 0 Å². The first-order valence-corrected chi connectivity index (χ1v) is 23.9. The molecule has 0 radical (unpaired) electrons. The number of rotatable bonds is 11. The van der Waals surface area contributed by atoms with Crippen molar-refractivity contribution in [2.75, 3.05) is 43.1 Å². The van der Waals surface area contributed by atoms with E-state index in [2.05, 4.69) is 44.9 Å². The number of sulfone groups is 1. The van der Waals surface area contributed by atoms with Crippen molar-refractivity contribution < 1.29 is 22.8 Å². The van der Waals surface area contributed by atoms with E-state index in [0.29, 0.717) is 60.4 Å². The molecule has 2 aromatic carbocycles. The summed E-state index contributed by atoms with van der Waals surface area (Å²) in [6, 6.07) is 25.6. The smallest absolute Gasteiger partial charge is 0.253 e. The second kappa shape index (κ2) is 15.7. The molecular weight excluding hydrogens is 824 g/mol. The largest absolute Gasteiger partial charge is 0.339 e. The molecule has 4 aromatic heterocycles. The number of amides is 3. The molecule has 4 fully saturated rings. The first-order valence-electron chi connectivity index (χ1n) is 21.6. The molecule has 4 aliphatic rings. The molecule has 2 saturated carbocycles. The number of nitrogens with zero attached hydrogens (tertiary/aromatic N) is 6. The van der Waals surface area contributed by atoms with Gasteiger partial charge in [0.15, 0.2) is 11.6 Å². The van der Waals surface area contributed by atoms with Crippen molar-refractivity contribution in [3.8, 4) is 22.3 Å². The number of nitrogens with one attached hydrogen (secondary N) is 2. The van der Waals surface area contributed by atoms with Crippen LogP contribution in [0.4, 0.5) is 11.6 Å². The lowest BCUT2D eigenvalue weighted by molar-refractivity contribution is -0.132. The third kappa shape index (κ3) is 7.35. The number of carbonyl (C=O) groups excluding carboxylic acids is 3. The van der Waals surface area contributed by atoms with E-state index in [1.807, 2.05) is 65.7 Å². The van der Waals surface area contributed by atoms with E-state index in [1.54, 1.807) is 15.2 Å². The summed E-state index contributed by atoms with van der Waals surface area (Å²) in [4.78, 5) is 45.7. The van der Waals surface area contributed by atoms with Crippen molar-refractivity contribution in [2.45, 2.75) is 69.6 Å². The van der Waals surface area contributed by atoms with Gasteiger partial charge in [-0.2, -0.15) is 5.10 Å². The minimum atomic E-state index is -3.01. The molecule has 6 heterocycles. The lowest BCUT2D eigenvalue weighted by atomic mass is 9.83. The van der Waals surface area contributed by atoms with Crippen LogP contribution in [0.1, 0.15) is 73.7 Å². The quantitative estimate of drug-likeness (QED) is 0.134. The molecule has 2 aliphatic heterocycles. The maximum absolute atomic E-state index is 14.2. The van der Waals surface area contributed by atoms with Crippen molar-refractivity contribution in [1.82, 2.24) is 29.0 Å². The molecule has 0 spiro atoms. The number of aromatic nitrogens is 4. The van der Waals surface area contributed by atoms with Crippen LogP contribution in [-0.2, 0) is 26.0 Å². The maximum atomic E-state index is 14.2. The van der Waals surface area contributed by atoms with E-state index < -0.39 is 20.7 Å². The third-order valence-corrected chi connectivity index (χ3v) is 15.8. The molecule has 6 aromatic rings. The summed E-state index contributed by atoms with van der Waals surface area (Å²) in [6.07, 6.45) is 11.8. The Morgan fingerprint density at radius 2 is 1.34 bits per heavy atom. The van der Waals surface area contributed by atoms with E-state index in [1.165, 1.54) is 6.26 Å². The first-order chi connectivity index (χ1) is 29.9. The summed E-state index contributed by atoms with van der Waals surface area (Å²) < 4.78 is 27.4. The van der Waals surface area contributed by atoms with Crippen LogP contribution < -0.4 is 10.6 Å². The SMILES string of the molecule is CS(=O)(=O)C1CCN(Cc2ccc(-c3cccn4nc(NC(=O)C5(C6(C(=O)Nc7nn8cccc(-c9ccc(C(=O)N%10CCCCC%10)cc9)c8c7Cl)CC6)CC5)cc34)cc2)CC1. The topological polar surface area (TPSA) is 150 Å². The monoisotopic (exact) mass is 872 g/mol. The summed E-state index contributed by atoms with van der Waals surface area (Å²) in [7, 11) is -3.01. The summed E-state index contributed by atoms with van der Waals surface area (Å²) >= 11 is 7.00. The zero-order valence-corrected chi connectivity index (χ0v) is 36.2. The van der Waals surface area contributed by atoms with E-state index in [4.69, 9.17) is 16.7 Å². The van der Waals surface area contributed by atoms with Crippen molar-refractivity contribution in [2.24, 2.45) is 10.8 Å². The Kier molecular flexibility index (Phi) is 10.2. The van der Waals surface area contributed by atoms with Crippen LogP contribution in [0, 0.1) is 10.8 Å². The number of halogens is 1. The van der Waals surface area contributed by atoms with Gasteiger partial charge in [0, 0.05) is 61.0 Å². The molecule has 0 bridgehead atoms. The van der Waals surface area contributed by atoms with E-state index in [9.17, 15) is 22.8 Å². The molecule has 3 amide bonds. The Hall–Kier alpha value is -5.57. The highest BCUT2D eigenvalue weighted by atomic mass is 35.5. The van der Waals surface area contributed by atoms with E-state index >= 15 is 0 Å². The number of carbonyl (C=O) groups is 3. The fourth-order valence-corrected chi connectivity index (χ4v) is 11.2. The molecule has 320 valence electrons. The van der Waals surface area contributed by atoms with Gasteiger partial charge in [-0.15, -0.1) is 5.10 Å². The lowest BCUT2D eigenvalue weighted by Gasteiger charge is -2.31. The minimum absolute atomic E-state index is 0.0446. The summed E-state index contributed by atoms with van der Waals surface area (Å²) in [5.41, 5.74) is 5.19. The van der Waals surface area contributed by atoms with Gasteiger partial charge in [0.1, 0.15) is 14.9 Å². The first kappa shape index (κ1) is 40.5. The second-order valence-corrected chi connectivity index (χ2v) is 20.4. The number of hydrogen-bond acceptors (Lipinski definition) is 8. The zero-order valence-electron chi connectivity index (χ0n) is 34.6. The molecule has 2 saturated heterocycles. The van der Waals surface area contributed by atoms with Gasteiger partial charge in [-0.3, -0.25) is 19.3 Å². The summed E-state index contributed by atoms with van der Waals surface area (Å²) in [5.74, 6) is 0.211. The van der Waals surface area contributed by atoms with Crippen molar-refractivity contribution in [3.63, 3.8) is 0 Å². The Morgan fingerprint density at radius 3 is 1.98 bits per heavy atom. The standard InChI is InChI=1S/C47H49ClN8O5S/c1-62(60,61)35-17-27-53(28-18-35)30-31-9-11-32(12-10-31)36-7-5-25-55-38(36)29-39(51-55)49-44(58)46(19-20-46)47(21-22-47)45(59)50-42-40(48)41-37(8-6-26-56(41)52-42)33-13-15-34(16-14-33)43(57)54-23-3-2-4-24-54/h5-16,25-26,29,35H,2-4,17-24,27-28,30H2,1H3,(H,49,51,58)(H,50,52,59). The van der Waals surface area contributed by atoms with E-state index in [-0.39, 0.29) is 28.8 Å².